The second kappa shape index (κ2) is 6.59. The predicted octanol–water partition coefficient (Wildman–Crippen LogP) is 4.83. The van der Waals surface area contributed by atoms with Crippen molar-refractivity contribution >= 4 is 27.4 Å². The number of aryl methyl sites for hydroxylation is 1. The van der Waals surface area contributed by atoms with Gasteiger partial charge >= 0.3 is 0 Å². The van der Waals surface area contributed by atoms with Crippen molar-refractivity contribution in [3.05, 3.63) is 70.6 Å². The lowest BCUT2D eigenvalue weighted by atomic mass is 10.1. The van der Waals surface area contributed by atoms with Crippen LogP contribution >= 0.6 is 15.9 Å². The highest BCUT2D eigenvalue weighted by atomic mass is 79.9. The van der Waals surface area contributed by atoms with Gasteiger partial charge in [-0.2, -0.15) is 5.26 Å². The van der Waals surface area contributed by atoms with Crippen LogP contribution in [-0.2, 0) is 0 Å². The van der Waals surface area contributed by atoms with E-state index in [0.29, 0.717) is 11.4 Å². The normalized spacial score (nSPS) is 10.1. The second-order valence-corrected chi connectivity index (χ2v) is 6.03. The van der Waals surface area contributed by atoms with Crippen molar-refractivity contribution < 1.29 is 0 Å². The summed E-state index contributed by atoms with van der Waals surface area (Å²) in [5.74, 6) is 0.539. The van der Waals surface area contributed by atoms with Gasteiger partial charge in [0.25, 0.3) is 0 Å². The van der Waals surface area contributed by atoms with E-state index in [2.05, 4.69) is 37.3 Å². The van der Waals surface area contributed by atoms with E-state index < -0.39 is 0 Å². The Bertz CT molecular complexity index is 865. The van der Waals surface area contributed by atoms with Crippen molar-refractivity contribution in [1.82, 2.24) is 9.97 Å². The number of halogens is 1. The first-order valence-electron chi connectivity index (χ1n) is 7.00. The molecule has 0 fully saturated rings. The number of hydrogen-bond acceptors (Lipinski definition) is 4. The predicted molar refractivity (Wildman–Crippen MR) is 94.3 cm³/mol. The lowest BCUT2D eigenvalue weighted by Gasteiger charge is -2.10. The average molecular weight is 365 g/mol. The number of hydrogen-bond donors (Lipinski definition) is 1. The van der Waals surface area contributed by atoms with Crippen LogP contribution in [0.25, 0.3) is 11.1 Å². The highest BCUT2D eigenvalue weighted by Crippen LogP contribution is 2.26. The first-order chi connectivity index (χ1) is 11.2. The van der Waals surface area contributed by atoms with Crippen molar-refractivity contribution in [3.8, 4) is 17.2 Å². The molecule has 0 aliphatic heterocycles. The van der Waals surface area contributed by atoms with Gasteiger partial charge in [0.1, 0.15) is 11.9 Å². The molecule has 1 N–H and O–H groups in total. The van der Waals surface area contributed by atoms with Crippen LogP contribution < -0.4 is 5.32 Å². The van der Waals surface area contributed by atoms with Crippen molar-refractivity contribution in [1.29, 1.82) is 5.26 Å². The molecule has 0 saturated heterocycles. The minimum atomic E-state index is 0.490. The van der Waals surface area contributed by atoms with Crippen LogP contribution in [0.3, 0.4) is 0 Å². The van der Waals surface area contributed by atoms with Gasteiger partial charge in [0, 0.05) is 39.9 Å². The van der Waals surface area contributed by atoms with Crippen LogP contribution in [0.1, 0.15) is 11.1 Å². The molecule has 2 heterocycles. The standard InChI is InChI=1S/C18H13BrN4/c1-12-5-16(19)8-17(6-12)23-18-14(9-20)7-15(11-22-18)13-3-2-4-21-10-13/h2-8,10-11H,1H3,(H,22,23). The zero-order valence-electron chi connectivity index (χ0n) is 12.4. The largest absolute Gasteiger partial charge is 0.339 e. The summed E-state index contributed by atoms with van der Waals surface area (Å²) in [7, 11) is 0. The number of aromatic nitrogens is 2. The quantitative estimate of drug-likeness (QED) is 0.722. The second-order valence-electron chi connectivity index (χ2n) is 5.12. The number of benzene rings is 1. The molecular weight excluding hydrogens is 352 g/mol. The first kappa shape index (κ1) is 15.2. The fourth-order valence-corrected chi connectivity index (χ4v) is 2.89. The Kier molecular flexibility index (Phi) is 4.35. The number of nitriles is 1. The molecule has 0 radical (unpaired) electrons. The van der Waals surface area contributed by atoms with Gasteiger partial charge in [0.2, 0.25) is 0 Å². The van der Waals surface area contributed by atoms with Crippen molar-refractivity contribution in [3.63, 3.8) is 0 Å². The molecule has 3 aromatic rings. The van der Waals surface area contributed by atoms with E-state index >= 15 is 0 Å². The maximum absolute atomic E-state index is 9.42. The molecule has 0 unspecified atom stereocenters. The number of nitrogens with zero attached hydrogens (tertiary/aromatic N) is 3. The Hall–Kier alpha value is -2.71. The fourth-order valence-electron chi connectivity index (χ4n) is 2.29. The molecule has 1 aromatic carbocycles. The van der Waals surface area contributed by atoms with E-state index in [4.69, 9.17) is 0 Å². The van der Waals surface area contributed by atoms with Crippen LogP contribution in [0.5, 0.6) is 0 Å². The van der Waals surface area contributed by atoms with Gasteiger partial charge in [-0.1, -0.05) is 22.0 Å². The molecule has 4 nitrogen and oxygen atoms in total. The molecule has 2 aromatic heterocycles. The third kappa shape index (κ3) is 3.55. The zero-order chi connectivity index (χ0) is 16.2. The van der Waals surface area contributed by atoms with Crippen LogP contribution in [-0.4, -0.2) is 9.97 Å². The van der Waals surface area contributed by atoms with Gasteiger partial charge in [0.05, 0.1) is 5.56 Å². The molecule has 0 bridgehead atoms. The maximum Gasteiger partial charge on any atom is 0.148 e. The summed E-state index contributed by atoms with van der Waals surface area (Å²) < 4.78 is 0.977. The molecule has 0 atom stereocenters. The van der Waals surface area contributed by atoms with Gasteiger partial charge < -0.3 is 5.32 Å². The summed E-state index contributed by atoms with van der Waals surface area (Å²) in [6.07, 6.45) is 5.21. The smallest absolute Gasteiger partial charge is 0.148 e. The van der Waals surface area contributed by atoms with Gasteiger partial charge in [-0.05, 0) is 42.8 Å². The molecule has 5 heteroatoms. The molecule has 0 amide bonds. The van der Waals surface area contributed by atoms with E-state index in [0.717, 1.165) is 26.9 Å². The number of rotatable bonds is 3. The SMILES string of the molecule is Cc1cc(Br)cc(Nc2ncc(-c3cccnc3)cc2C#N)c1. The molecule has 0 saturated carbocycles. The molecule has 0 aliphatic rings. The summed E-state index contributed by atoms with van der Waals surface area (Å²) in [4.78, 5) is 8.50. The van der Waals surface area contributed by atoms with Gasteiger partial charge in [0.15, 0.2) is 0 Å². The Morgan fingerprint density at radius 3 is 2.70 bits per heavy atom. The van der Waals surface area contributed by atoms with Crippen LogP contribution in [0, 0.1) is 18.3 Å². The van der Waals surface area contributed by atoms with E-state index in [1.807, 2.05) is 43.3 Å². The summed E-state index contributed by atoms with van der Waals surface area (Å²) in [5, 5.41) is 12.6. The molecule has 3 rings (SSSR count). The Labute approximate surface area is 143 Å². The minimum Gasteiger partial charge on any atom is -0.339 e. The highest BCUT2D eigenvalue weighted by molar-refractivity contribution is 9.10. The lowest BCUT2D eigenvalue weighted by Crippen LogP contribution is -1.98. The molecule has 0 spiro atoms. The van der Waals surface area contributed by atoms with Crippen LogP contribution in [0.4, 0.5) is 11.5 Å². The molecule has 23 heavy (non-hydrogen) atoms. The lowest BCUT2D eigenvalue weighted by molar-refractivity contribution is 1.27. The molecular formula is C18H13BrN4. The maximum atomic E-state index is 9.42. The van der Waals surface area contributed by atoms with Crippen molar-refractivity contribution in [2.45, 2.75) is 6.92 Å². The van der Waals surface area contributed by atoms with Crippen LogP contribution in [0.2, 0.25) is 0 Å². The summed E-state index contributed by atoms with van der Waals surface area (Å²) in [5.41, 5.74) is 4.29. The van der Waals surface area contributed by atoms with E-state index in [1.54, 1.807) is 18.6 Å². The summed E-state index contributed by atoms with van der Waals surface area (Å²) in [6, 6.07) is 13.8. The number of anilines is 2. The monoisotopic (exact) mass is 364 g/mol. The number of pyridine rings is 2. The van der Waals surface area contributed by atoms with E-state index in [-0.39, 0.29) is 0 Å². The zero-order valence-corrected chi connectivity index (χ0v) is 14.0. The van der Waals surface area contributed by atoms with Gasteiger partial charge in [-0.15, -0.1) is 0 Å². The van der Waals surface area contributed by atoms with Crippen molar-refractivity contribution in [2.75, 3.05) is 5.32 Å². The van der Waals surface area contributed by atoms with Gasteiger partial charge in [-0.25, -0.2) is 4.98 Å². The van der Waals surface area contributed by atoms with Crippen LogP contribution in [0.15, 0.2) is 59.5 Å². The highest BCUT2D eigenvalue weighted by Gasteiger charge is 2.08. The van der Waals surface area contributed by atoms with Gasteiger partial charge in [-0.3, -0.25) is 4.98 Å². The fraction of sp³-hybridized carbons (Fsp3) is 0.0556. The summed E-state index contributed by atoms with van der Waals surface area (Å²) >= 11 is 3.47. The topological polar surface area (TPSA) is 61.6 Å². The Morgan fingerprint density at radius 2 is 2.00 bits per heavy atom. The number of nitrogens with one attached hydrogen (secondary N) is 1. The summed E-state index contributed by atoms with van der Waals surface area (Å²) in [6.45, 7) is 2.01. The van der Waals surface area contributed by atoms with E-state index in [1.165, 1.54) is 0 Å². The molecule has 112 valence electrons. The third-order valence-electron chi connectivity index (χ3n) is 3.31. The Morgan fingerprint density at radius 1 is 1.13 bits per heavy atom. The Balaban J connectivity index is 1.96. The molecule has 0 aliphatic carbocycles. The van der Waals surface area contributed by atoms with E-state index in [9.17, 15) is 5.26 Å². The van der Waals surface area contributed by atoms with Crippen molar-refractivity contribution in [2.24, 2.45) is 0 Å². The average Bonchev–Trinajstić information content (AvgIpc) is 2.55. The minimum absolute atomic E-state index is 0.490. The third-order valence-corrected chi connectivity index (χ3v) is 3.77. The first-order valence-corrected chi connectivity index (χ1v) is 7.80.